The number of aryl methyl sites for hydroxylation is 1. The van der Waals surface area contributed by atoms with Gasteiger partial charge in [-0.1, -0.05) is 13.0 Å². The van der Waals surface area contributed by atoms with Gasteiger partial charge in [0.15, 0.2) is 16.4 Å². The van der Waals surface area contributed by atoms with Crippen LogP contribution >= 0.6 is 12.2 Å². The van der Waals surface area contributed by atoms with Crippen molar-refractivity contribution in [3.8, 4) is 0 Å². The number of nitrogens with one attached hydrogen (secondary N) is 1. The highest BCUT2D eigenvalue weighted by Crippen LogP contribution is 2.12. The minimum atomic E-state index is -0.831. The molecule has 1 heterocycles. The van der Waals surface area contributed by atoms with Crippen LogP contribution in [0.2, 0.25) is 0 Å². The minimum Gasteiger partial charge on any atom is -0.337 e. The summed E-state index contributed by atoms with van der Waals surface area (Å²) in [6.07, 6.45) is 2.67. The zero-order valence-corrected chi connectivity index (χ0v) is 10.2. The quantitative estimate of drug-likeness (QED) is 0.832. The number of hydrogen-bond donors (Lipinski definition) is 1. The van der Waals surface area contributed by atoms with Gasteiger partial charge in [-0.3, -0.25) is 0 Å². The average Bonchev–Trinajstić information content (AvgIpc) is 2.65. The molecule has 2 nitrogen and oxygen atoms in total. The first-order valence-corrected chi connectivity index (χ1v) is 5.73. The molecule has 2 rings (SSSR count). The van der Waals surface area contributed by atoms with Crippen LogP contribution in [0, 0.1) is 16.4 Å². The molecule has 0 fully saturated rings. The summed E-state index contributed by atoms with van der Waals surface area (Å²) in [5, 5.41) is 0. The Morgan fingerprint density at radius 1 is 1.29 bits per heavy atom. The molecule has 90 valence electrons. The predicted molar refractivity (Wildman–Crippen MR) is 64.5 cm³/mol. The van der Waals surface area contributed by atoms with E-state index in [1.165, 1.54) is 6.07 Å². The van der Waals surface area contributed by atoms with Gasteiger partial charge in [0.2, 0.25) is 0 Å². The van der Waals surface area contributed by atoms with Crippen molar-refractivity contribution in [2.45, 2.75) is 19.9 Å². The predicted octanol–water partition coefficient (Wildman–Crippen LogP) is 3.43. The third-order valence-corrected chi connectivity index (χ3v) is 2.98. The number of aromatic amines is 1. The lowest BCUT2D eigenvalue weighted by Crippen LogP contribution is -2.04. The molecule has 1 aromatic carbocycles. The molecule has 0 bridgehead atoms. The van der Waals surface area contributed by atoms with Crippen LogP contribution in [0.3, 0.4) is 0 Å². The van der Waals surface area contributed by atoms with Gasteiger partial charge in [-0.05, 0) is 36.3 Å². The van der Waals surface area contributed by atoms with Gasteiger partial charge in [-0.15, -0.1) is 0 Å². The molecule has 0 unspecified atom stereocenters. The lowest BCUT2D eigenvalue weighted by atomic mass is 10.2. The summed E-state index contributed by atoms with van der Waals surface area (Å²) in [5.74, 6) is -1.66. The van der Waals surface area contributed by atoms with E-state index in [0.29, 0.717) is 16.9 Å². The second-order valence-electron chi connectivity index (χ2n) is 3.77. The third kappa shape index (κ3) is 2.44. The fourth-order valence-corrected chi connectivity index (χ4v) is 1.96. The monoisotopic (exact) mass is 254 g/mol. The largest absolute Gasteiger partial charge is 0.337 e. The summed E-state index contributed by atoms with van der Waals surface area (Å²) in [6.45, 7) is 2.46. The minimum absolute atomic E-state index is 0.447. The van der Waals surface area contributed by atoms with Gasteiger partial charge in [0, 0.05) is 11.9 Å². The van der Waals surface area contributed by atoms with Crippen molar-refractivity contribution in [3.05, 3.63) is 52.1 Å². The van der Waals surface area contributed by atoms with E-state index in [9.17, 15) is 8.78 Å². The average molecular weight is 254 g/mol. The van der Waals surface area contributed by atoms with Crippen molar-refractivity contribution < 1.29 is 8.78 Å². The maximum Gasteiger partial charge on any atom is 0.177 e. The van der Waals surface area contributed by atoms with Crippen LogP contribution in [0.1, 0.15) is 18.2 Å². The fraction of sp³-hybridized carbons (Fsp3) is 0.250. The first-order valence-electron chi connectivity index (χ1n) is 5.33. The van der Waals surface area contributed by atoms with Crippen molar-refractivity contribution in [2.24, 2.45) is 0 Å². The molecule has 0 aliphatic heterocycles. The van der Waals surface area contributed by atoms with Crippen LogP contribution in [0.15, 0.2) is 24.4 Å². The van der Waals surface area contributed by atoms with E-state index in [1.54, 1.807) is 6.07 Å². The maximum atomic E-state index is 13.1. The van der Waals surface area contributed by atoms with Crippen LogP contribution in [-0.2, 0) is 13.0 Å². The van der Waals surface area contributed by atoms with Gasteiger partial charge in [-0.2, -0.15) is 0 Å². The van der Waals surface area contributed by atoms with E-state index in [1.807, 2.05) is 17.7 Å². The van der Waals surface area contributed by atoms with Crippen LogP contribution in [0.25, 0.3) is 0 Å². The molecule has 0 amide bonds. The lowest BCUT2D eigenvalue weighted by Gasteiger charge is -2.07. The Labute approximate surface area is 103 Å². The second-order valence-corrected chi connectivity index (χ2v) is 4.16. The topological polar surface area (TPSA) is 20.7 Å². The highest BCUT2D eigenvalue weighted by atomic mass is 32.1. The standard InChI is InChI=1S/C12H12F2N2S/c1-2-9-6-15-12(17)16(9)7-8-3-4-10(13)11(14)5-8/h3-6H,2,7H2,1H3,(H,15,17). The summed E-state index contributed by atoms with van der Waals surface area (Å²) in [6, 6.07) is 3.89. The molecule has 5 heteroatoms. The van der Waals surface area contributed by atoms with Crippen LogP contribution in [-0.4, -0.2) is 9.55 Å². The van der Waals surface area contributed by atoms with Crippen molar-refractivity contribution in [2.75, 3.05) is 0 Å². The van der Waals surface area contributed by atoms with Gasteiger partial charge < -0.3 is 9.55 Å². The number of hydrogen-bond acceptors (Lipinski definition) is 1. The van der Waals surface area contributed by atoms with Gasteiger partial charge in [0.1, 0.15) is 0 Å². The Morgan fingerprint density at radius 3 is 2.71 bits per heavy atom. The molecule has 0 radical (unpaired) electrons. The summed E-state index contributed by atoms with van der Waals surface area (Å²) >= 11 is 5.14. The van der Waals surface area contributed by atoms with Crippen molar-refractivity contribution >= 4 is 12.2 Å². The smallest absolute Gasteiger partial charge is 0.177 e. The van der Waals surface area contributed by atoms with Gasteiger partial charge in [0.25, 0.3) is 0 Å². The summed E-state index contributed by atoms with van der Waals surface area (Å²) in [7, 11) is 0. The molecular weight excluding hydrogens is 242 g/mol. The maximum absolute atomic E-state index is 13.1. The number of benzene rings is 1. The molecule has 0 atom stereocenters. The van der Waals surface area contributed by atoms with E-state index in [2.05, 4.69) is 4.98 Å². The van der Waals surface area contributed by atoms with E-state index in [-0.39, 0.29) is 0 Å². The molecule has 2 aromatic rings. The van der Waals surface area contributed by atoms with Gasteiger partial charge >= 0.3 is 0 Å². The number of aromatic nitrogens is 2. The number of halogens is 2. The number of rotatable bonds is 3. The molecule has 17 heavy (non-hydrogen) atoms. The number of imidazole rings is 1. The summed E-state index contributed by atoms with van der Waals surface area (Å²) in [4.78, 5) is 2.94. The van der Waals surface area contributed by atoms with E-state index >= 15 is 0 Å². The molecular formula is C12H12F2N2S. The second kappa shape index (κ2) is 4.79. The number of nitrogens with zero attached hydrogens (tertiary/aromatic N) is 1. The molecule has 1 N–H and O–H groups in total. The Kier molecular flexibility index (Phi) is 3.38. The Bertz CT molecular complexity index is 586. The Balaban J connectivity index is 2.34. The van der Waals surface area contributed by atoms with Crippen LogP contribution in [0.5, 0.6) is 0 Å². The molecule has 0 saturated carbocycles. The Hall–Kier alpha value is -1.49. The van der Waals surface area contributed by atoms with Crippen LogP contribution < -0.4 is 0 Å². The molecule has 0 aliphatic carbocycles. The Morgan fingerprint density at radius 2 is 2.06 bits per heavy atom. The fourth-order valence-electron chi connectivity index (χ4n) is 1.72. The highest BCUT2D eigenvalue weighted by molar-refractivity contribution is 7.71. The van der Waals surface area contributed by atoms with E-state index in [0.717, 1.165) is 18.2 Å². The van der Waals surface area contributed by atoms with Crippen molar-refractivity contribution in [3.63, 3.8) is 0 Å². The summed E-state index contributed by atoms with van der Waals surface area (Å²) in [5.41, 5.74) is 1.73. The highest BCUT2D eigenvalue weighted by Gasteiger charge is 2.06. The third-order valence-electron chi connectivity index (χ3n) is 2.64. The zero-order valence-electron chi connectivity index (χ0n) is 9.34. The number of H-pyrrole nitrogens is 1. The van der Waals surface area contributed by atoms with Crippen LogP contribution in [0.4, 0.5) is 8.78 Å². The molecule has 0 aliphatic rings. The zero-order chi connectivity index (χ0) is 12.4. The van der Waals surface area contributed by atoms with E-state index < -0.39 is 11.6 Å². The lowest BCUT2D eigenvalue weighted by molar-refractivity contribution is 0.506. The van der Waals surface area contributed by atoms with Gasteiger partial charge in [0.05, 0.1) is 6.54 Å². The van der Waals surface area contributed by atoms with E-state index in [4.69, 9.17) is 12.2 Å². The van der Waals surface area contributed by atoms with Gasteiger partial charge in [-0.25, -0.2) is 8.78 Å². The first kappa shape index (κ1) is 12.0. The normalized spacial score (nSPS) is 10.8. The molecule has 0 saturated heterocycles. The van der Waals surface area contributed by atoms with Crippen molar-refractivity contribution in [1.82, 2.24) is 9.55 Å². The SMILES string of the molecule is CCc1c[nH]c(=S)n1Cc1ccc(F)c(F)c1. The molecule has 1 aromatic heterocycles. The molecule has 0 spiro atoms. The van der Waals surface area contributed by atoms with Crippen molar-refractivity contribution in [1.29, 1.82) is 0 Å². The first-order chi connectivity index (χ1) is 8.11. The summed E-state index contributed by atoms with van der Waals surface area (Å²) < 4.78 is 28.3.